The fourth-order valence-electron chi connectivity index (χ4n) is 2.87. The van der Waals surface area contributed by atoms with E-state index in [0.29, 0.717) is 12.0 Å². The van der Waals surface area contributed by atoms with Gasteiger partial charge in [-0.15, -0.1) is 0 Å². The predicted octanol–water partition coefficient (Wildman–Crippen LogP) is 2.05. The van der Waals surface area contributed by atoms with Crippen LogP contribution in [0.1, 0.15) is 34.5 Å². The summed E-state index contributed by atoms with van der Waals surface area (Å²) in [6.45, 7) is 1.78. The first-order valence-corrected chi connectivity index (χ1v) is 10.0. The van der Waals surface area contributed by atoms with Gasteiger partial charge < -0.3 is 10.1 Å². The Bertz CT molecular complexity index is 950. The predicted molar refractivity (Wildman–Crippen MR) is 95.5 cm³/mol. The minimum atomic E-state index is -3.26. The third kappa shape index (κ3) is 3.77. The van der Waals surface area contributed by atoms with Crippen LogP contribution in [0.25, 0.3) is 0 Å². The molecule has 0 spiro atoms. The van der Waals surface area contributed by atoms with Crippen molar-refractivity contribution in [3.05, 3.63) is 65.2 Å². The van der Waals surface area contributed by atoms with E-state index in [1.54, 1.807) is 31.2 Å². The van der Waals surface area contributed by atoms with Crippen molar-refractivity contribution >= 4 is 21.7 Å². The van der Waals surface area contributed by atoms with Crippen molar-refractivity contribution < 1.29 is 22.7 Å². The lowest BCUT2D eigenvalue weighted by Crippen LogP contribution is -2.42. The molecular formula is C19H19NO5S. The molecule has 0 radical (unpaired) electrons. The van der Waals surface area contributed by atoms with Gasteiger partial charge in [-0.25, -0.2) is 13.2 Å². The quantitative estimate of drug-likeness (QED) is 0.829. The van der Waals surface area contributed by atoms with Crippen molar-refractivity contribution in [2.24, 2.45) is 0 Å². The van der Waals surface area contributed by atoms with Gasteiger partial charge in [0.1, 0.15) is 0 Å². The van der Waals surface area contributed by atoms with Gasteiger partial charge in [0.25, 0.3) is 5.91 Å². The van der Waals surface area contributed by atoms with Crippen LogP contribution in [0.5, 0.6) is 0 Å². The van der Waals surface area contributed by atoms with Gasteiger partial charge in [-0.1, -0.05) is 30.3 Å². The summed E-state index contributed by atoms with van der Waals surface area (Å²) in [5.41, 5.74) is 2.03. The number of hydrogen-bond acceptors (Lipinski definition) is 5. The molecule has 0 unspecified atom stereocenters. The highest BCUT2D eigenvalue weighted by molar-refractivity contribution is 7.90. The van der Waals surface area contributed by atoms with Gasteiger partial charge in [-0.2, -0.15) is 0 Å². The summed E-state index contributed by atoms with van der Waals surface area (Å²) in [4.78, 5) is 24.7. The van der Waals surface area contributed by atoms with Gasteiger partial charge in [0.05, 0.1) is 16.5 Å². The summed E-state index contributed by atoms with van der Waals surface area (Å²) in [7, 11) is -3.26. The average molecular weight is 373 g/mol. The highest BCUT2D eigenvalue weighted by Crippen LogP contribution is 2.22. The fourth-order valence-corrected chi connectivity index (χ4v) is 3.50. The normalized spacial score (nSPS) is 17.8. The van der Waals surface area contributed by atoms with Crippen LogP contribution < -0.4 is 5.32 Å². The van der Waals surface area contributed by atoms with E-state index in [4.69, 9.17) is 4.74 Å². The number of ether oxygens (including phenoxy) is 1. The van der Waals surface area contributed by atoms with E-state index in [0.717, 1.165) is 17.4 Å². The summed E-state index contributed by atoms with van der Waals surface area (Å²) in [5, 5.41) is 2.81. The van der Waals surface area contributed by atoms with Crippen molar-refractivity contribution in [2.45, 2.75) is 30.4 Å². The van der Waals surface area contributed by atoms with E-state index in [1.165, 1.54) is 12.1 Å². The molecule has 1 aliphatic heterocycles. The summed E-state index contributed by atoms with van der Waals surface area (Å²) in [5.74, 6) is -0.885. The lowest BCUT2D eigenvalue weighted by atomic mass is 9.98. The van der Waals surface area contributed by atoms with Crippen LogP contribution in [0, 0.1) is 0 Å². The Hall–Kier alpha value is -2.67. The zero-order valence-electron chi connectivity index (χ0n) is 14.4. The molecule has 2 atom stereocenters. The van der Waals surface area contributed by atoms with E-state index in [1.807, 2.05) is 12.1 Å². The van der Waals surface area contributed by atoms with E-state index >= 15 is 0 Å². The molecule has 2 aromatic carbocycles. The molecular weight excluding hydrogens is 354 g/mol. The molecule has 6 nitrogen and oxygen atoms in total. The maximum absolute atomic E-state index is 12.5. The molecule has 7 heteroatoms. The summed E-state index contributed by atoms with van der Waals surface area (Å²) in [6, 6.07) is 13.0. The van der Waals surface area contributed by atoms with Crippen molar-refractivity contribution in [2.75, 3.05) is 6.26 Å². The Morgan fingerprint density at radius 1 is 1.15 bits per heavy atom. The highest BCUT2D eigenvalue weighted by Gasteiger charge is 2.31. The molecule has 0 aliphatic carbocycles. The standard InChI is InChI=1S/C19H19NO5S/c1-12(13-7-9-15(10-8-13)26(2,23)24)20-18(21)17-11-14-5-3-4-6-16(14)19(22)25-17/h3-10,12,17H,11H2,1-2H3,(H,20,21)/t12-,17-/m0/s1. The van der Waals surface area contributed by atoms with Crippen LogP contribution in [0.15, 0.2) is 53.4 Å². The molecule has 1 heterocycles. The number of hydrogen-bond donors (Lipinski definition) is 1. The SMILES string of the molecule is C[C@H](NC(=O)[C@@H]1Cc2ccccc2C(=O)O1)c1ccc(S(C)(=O)=O)cc1. The van der Waals surface area contributed by atoms with Crippen LogP contribution in [-0.4, -0.2) is 32.7 Å². The van der Waals surface area contributed by atoms with Crippen LogP contribution in [-0.2, 0) is 25.8 Å². The van der Waals surface area contributed by atoms with Gasteiger partial charge in [0.15, 0.2) is 15.9 Å². The maximum Gasteiger partial charge on any atom is 0.339 e. The zero-order valence-corrected chi connectivity index (χ0v) is 15.2. The van der Waals surface area contributed by atoms with Crippen molar-refractivity contribution in [1.29, 1.82) is 0 Å². The number of fused-ring (bicyclic) bond motifs is 1. The number of nitrogens with one attached hydrogen (secondary N) is 1. The number of esters is 1. The number of carbonyl (C=O) groups excluding carboxylic acids is 2. The largest absolute Gasteiger partial charge is 0.448 e. The van der Waals surface area contributed by atoms with Crippen LogP contribution in [0.4, 0.5) is 0 Å². The number of benzene rings is 2. The Kier molecular flexibility index (Phi) is 4.82. The van der Waals surface area contributed by atoms with Gasteiger partial charge in [-0.3, -0.25) is 4.79 Å². The molecule has 1 amide bonds. The molecule has 0 saturated heterocycles. The number of carbonyl (C=O) groups is 2. The van der Waals surface area contributed by atoms with Crippen LogP contribution in [0.2, 0.25) is 0 Å². The van der Waals surface area contributed by atoms with E-state index in [9.17, 15) is 18.0 Å². The number of sulfone groups is 1. The highest BCUT2D eigenvalue weighted by atomic mass is 32.2. The number of rotatable bonds is 4. The lowest BCUT2D eigenvalue weighted by molar-refractivity contribution is -0.131. The minimum absolute atomic E-state index is 0.220. The molecule has 0 fully saturated rings. The first kappa shape index (κ1) is 18.1. The maximum atomic E-state index is 12.5. The first-order valence-electron chi connectivity index (χ1n) is 8.15. The molecule has 26 heavy (non-hydrogen) atoms. The third-order valence-electron chi connectivity index (χ3n) is 4.35. The van der Waals surface area contributed by atoms with Crippen molar-refractivity contribution in [3.63, 3.8) is 0 Å². The molecule has 3 rings (SSSR count). The molecule has 0 saturated carbocycles. The van der Waals surface area contributed by atoms with Gasteiger partial charge >= 0.3 is 5.97 Å². The molecule has 0 bridgehead atoms. The third-order valence-corrected chi connectivity index (χ3v) is 5.48. The summed E-state index contributed by atoms with van der Waals surface area (Å²) >= 11 is 0. The molecule has 1 aliphatic rings. The molecule has 1 N–H and O–H groups in total. The summed E-state index contributed by atoms with van der Waals surface area (Å²) in [6.07, 6.45) is 0.589. The fraction of sp³-hybridized carbons (Fsp3) is 0.263. The van der Waals surface area contributed by atoms with Crippen molar-refractivity contribution in [1.82, 2.24) is 5.32 Å². The smallest absolute Gasteiger partial charge is 0.339 e. The van der Waals surface area contributed by atoms with Gasteiger partial charge in [0.2, 0.25) is 0 Å². The second kappa shape index (κ2) is 6.92. The van der Waals surface area contributed by atoms with Gasteiger partial charge in [-0.05, 0) is 36.2 Å². The Morgan fingerprint density at radius 2 is 1.81 bits per heavy atom. The van der Waals surface area contributed by atoms with E-state index < -0.39 is 21.9 Å². The summed E-state index contributed by atoms with van der Waals surface area (Å²) < 4.78 is 28.3. The molecule has 2 aromatic rings. The van der Waals surface area contributed by atoms with Gasteiger partial charge in [0, 0.05) is 12.7 Å². The minimum Gasteiger partial charge on any atom is -0.448 e. The van der Waals surface area contributed by atoms with Crippen molar-refractivity contribution in [3.8, 4) is 0 Å². The van der Waals surface area contributed by atoms with E-state index in [2.05, 4.69) is 5.32 Å². The topological polar surface area (TPSA) is 89.5 Å². The Labute approximate surface area is 152 Å². The van der Waals surface area contributed by atoms with Crippen LogP contribution in [0.3, 0.4) is 0 Å². The molecule has 0 aromatic heterocycles. The number of amides is 1. The first-order chi connectivity index (χ1) is 12.3. The average Bonchev–Trinajstić information content (AvgIpc) is 2.61. The monoisotopic (exact) mass is 373 g/mol. The number of cyclic esters (lactones) is 1. The Balaban J connectivity index is 1.69. The second-order valence-corrected chi connectivity index (χ2v) is 8.34. The molecule has 136 valence electrons. The zero-order chi connectivity index (χ0) is 18.9. The van der Waals surface area contributed by atoms with Crippen LogP contribution >= 0.6 is 0 Å². The second-order valence-electron chi connectivity index (χ2n) is 6.33. The lowest BCUT2D eigenvalue weighted by Gasteiger charge is -2.25. The van der Waals surface area contributed by atoms with E-state index in [-0.39, 0.29) is 16.8 Å². The Morgan fingerprint density at radius 3 is 2.46 bits per heavy atom.